The Hall–Kier alpha value is -2.42. The highest BCUT2D eigenvalue weighted by Gasteiger charge is 1.98. The molecule has 0 atom stereocenters. The molecular formula is C18H22O3. The number of carbonyl (C=O) groups is 2. The van der Waals surface area contributed by atoms with Crippen LogP contribution in [0.1, 0.15) is 18.4 Å². The summed E-state index contributed by atoms with van der Waals surface area (Å²) in [6.07, 6.45) is 6.14. The van der Waals surface area contributed by atoms with Crippen LogP contribution in [0.3, 0.4) is 0 Å². The molecule has 0 bridgehead atoms. The molecule has 0 aromatic heterocycles. The van der Waals surface area contributed by atoms with Gasteiger partial charge >= 0.3 is 0 Å². The van der Waals surface area contributed by atoms with Crippen molar-refractivity contribution in [2.45, 2.75) is 19.3 Å². The molecule has 0 aliphatic rings. The van der Waals surface area contributed by atoms with E-state index in [1.807, 2.05) is 24.3 Å². The van der Waals surface area contributed by atoms with Crippen LogP contribution in [0.5, 0.6) is 5.75 Å². The summed E-state index contributed by atoms with van der Waals surface area (Å²) in [5.74, 6) is 0.843. The van der Waals surface area contributed by atoms with Crippen LogP contribution in [0.15, 0.2) is 62.2 Å². The summed E-state index contributed by atoms with van der Waals surface area (Å²) in [6.45, 7) is 9.87. The Labute approximate surface area is 126 Å². The van der Waals surface area contributed by atoms with Gasteiger partial charge in [-0.05, 0) is 48.8 Å². The zero-order valence-corrected chi connectivity index (χ0v) is 12.5. The van der Waals surface area contributed by atoms with E-state index in [1.54, 1.807) is 7.11 Å². The molecule has 3 heteroatoms. The van der Waals surface area contributed by atoms with E-state index in [0.717, 1.165) is 18.6 Å². The van der Waals surface area contributed by atoms with Gasteiger partial charge in [0.2, 0.25) is 0 Å². The van der Waals surface area contributed by atoms with E-state index >= 15 is 0 Å². The first-order valence-corrected chi connectivity index (χ1v) is 6.64. The van der Waals surface area contributed by atoms with Crippen molar-refractivity contribution in [2.75, 3.05) is 7.11 Å². The van der Waals surface area contributed by atoms with Crippen molar-refractivity contribution in [2.24, 2.45) is 0 Å². The lowest BCUT2D eigenvalue weighted by molar-refractivity contribution is -0.114. The van der Waals surface area contributed by atoms with Crippen molar-refractivity contribution < 1.29 is 14.3 Å². The number of ketones is 2. The van der Waals surface area contributed by atoms with Crippen molar-refractivity contribution in [3.8, 4) is 5.75 Å². The van der Waals surface area contributed by atoms with Crippen LogP contribution in [-0.4, -0.2) is 18.7 Å². The van der Waals surface area contributed by atoms with E-state index < -0.39 is 0 Å². The minimum atomic E-state index is -0.130. The first-order valence-electron chi connectivity index (χ1n) is 6.64. The lowest BCUT2D eigenvalue weighted by Crippen LogP contribution is -1.94. The van der Waals surface area contributed by atoms with E-state index in [-0.39, 0.29) is 11.6 Å². The van der Waals surface area contributed by atoms with Crippen LogP contribution in [-0.2, 0) is 16.0 Å². The molecule has 0 spiro atoms. The Bertz CT molecular complexity index is 491. The number of hydrogen-bond donors (Lipinski definition) is 0. The lowest BCUT2D eigenvalue weighted by atomic mass is 10.1. The van der Waals surface area contributed by atoms with Crippen molar-refractivity contribution in [1.29, 1.82) is 0 Å². The Morgan fingerprint density at radius 1 is 1.14 bits per heavy atom. The van der Waals surface area contributed by atoms with Gasteiger partial charge in [0, 0.05) is 6.42 Å². The maximum atomic E-state index is 11.0. The van der Waals surface area contributed by atoms with Gasteiger partial charge in [0.1, 0.15) is 5.75 Å². The third-order valence-corrected chi connectivity index (χ3v) is 2.65. The van der Waals surface area contributed by atoms with Gasteiger partial charge in [-0.1, -0.05) is 31.9 Å². The Balaban J connectivity index is 0.000000567. The molecule has 0 heterocycles. The fraction of sp³-hybridized carbons (Fsp3) is 0.222. The molecule has 112 valence electrons. The molecule has 21 heavy (non-hydrogen) atoms. The van der Waals surface area contributed by atoms with Crippen LogP contribution in [0, 0.1) is 0 Å². The maximum Gasteiger partial charge on any atom is 0.177 e. The monoisotopic (exact) mass is 286 g/mol. The lowest BCUT2D eigenvalue weighted by Gasteiger charge is -2.03. The largest absolute Gasteiger partial charge is 0.497 e. The summed E-state index contributed by atoms with van der Waals surface area (Å²) in [5, 5.41) is 0. The molecule has 1 aromatic rings. The topological polar surface area (TPSA) is 43.4 Å². The molecule has 0 aliphatic carbocycles. The van der Waals surface area contributed by atoms with Crippen LogP contribution >= 0.6 is 0 Å². The van der Waals surface area contributed by atoms with E-state index in [1.165, 1.54) is 23.8 Å². The first-order chi connectivity index (χ1) is 10.1. The number of benzene rings is 1. The predicted molar refractivity (Wildman–Crippen MR) is 86.5 cm³/mol. The van der Waals surface area contributed by atoms with Gasteiger partial charge in [-0.2, -0.15) is 0 Å². The zero-order valence-electron chi connectivity index (χ0n) is 12.5. The molecule has 1 rings (SSSR count). The Kier molecular flexibility index (Phi) is 10.1. The van der Waals surface area contributed by atoms with Gasteiger partial charge in [-0.15, -0.1) is 0 Å². The summed E-state index contributed by atoms with van der Waals surface area (Å²) in [6, 6.07) is 7.92. The highest BCUT2D eigenvalue weighted by atomic mass is 16.5. The second kappa shape index (κ2) is 11.4. The molecule has 0 radical (unpaired) electrons. The Morgan fingerprint density at radius 3 is 2.29 bits per heavy atom. The first kappa shape index (κ1) is 18.6. The molecule has 0 aliphatic heterocycles. The van der Waals surface area contributed by atoms with Gasteiger partial charge in [-0.25, -0.2) is 0 Å². The van der Waals surface area contributed by atoms with Crippen molar-refractivity contribution in [3.63, 3.8) is 0 Å². The smallest absolute Gasteiger partial charge is 0.177 e. The number of ether oxygens (including phenoxy) is 1. The molecule has 0 amide bonds. The summed E-state index contributed by atoms with van der Waals surface area (Å²) < 4.78 is 5.12. The van der Waals surface area contributed by atoms with Crippen molar-refractivity contribution >= 4 is 11.6 Å². The molecule has 1 aromatic carbocycles. The third-order valence-electron chi connectivity index (χ3n) is 2.65. The normalized spacial score (nSPS) is 8.81. The zero-order chi connectivity index (χ0) is 16.1. The summed E-state index contributed by atoms with van der Waals surface area (Å²) in [4.78, 5) is 20.9. The van der Waals surface area contributed by atoms with Crippen LogP contribution in [0.2, 0.25) is 0 Å². The van der Waals surface area contributed by atoms with Gasteiger partial charge in [0.25, 0.3) is 0 Å². The van der Waals surface area contributed by atoms with E-state index in [0.29, 0.717) is 6.42 Å². The highest BCUT2D eigenvalue weighted by molar-refractivity contribution is 5.98. The molecule has 0 N–H and O–H groups in total. The molecule has 0 saturated heterocycles. The van der Waals surface area contributed by atoms with E-state index in [4.69, 9.17) is 4.74 Å². The molecule has 0 saturated carbocycles. The number of carbonyl (C=O) groups excluding carboxylic acids is 2. The predicted octanol–water partition coefficient (Wildman–Crippen LogP) is 3.70. The number of methoxy groups -OCH3 is 1. The van der Waals surface area contributed by atoms with E-state index in [2.05, 4.69) is 19.7 Å². The van der Waals surface area contributed by atoms with Crippen LogP contribution < -0.4 is 4.74 Å². The van der Waals surface area contributed by atoms with Gasteiger partial charge < -0.3 is 4.74 Å². The average molecular weight is 286 g/mol. The Morgan fingerprint density at radius 2 is 1.81 bits per heavy atom. The van der Waals surface area contributed by atoms with Crippen molar-refractivity contribution in [1.82, 2.24) is 0 Å². The summed E-state index contributed by atoms with van der Waals surface area (Å²) in [7, 11) is 1.65. The summed E-state index contributed by atoms with van der Waals surface area (Å²) in [5.41, 5.74) is 1.20. The van der Waals surface area contributed by atoms with E-state index in [9.17, 15) is 9.59 Å². The second-order valence-electron chi connectivity index (χ2n) is 4.19. The average Bonchev–Trinajstić information content (AvgIpc) is 2.54. The molecule has 0 unspecified atom stereocenters. The fourth-order valence-electron chi connectivity index (χ4n) is 1.48. The van der Waals surface area contributed by atoms with Gasteiger partial charge in [-0.3, -0.25) is 9.59 Å². The highest BCUT2D eigenvalue weighted by Crippen LogP contribution is 2.14. The van der Waals surface area contributed by atoms with Crippen LogP contribution in [0.25, 0.3) is 0 Å². The molecule has 3 nitrogen and oxygen atoms in total. The van der Waals surface area contributed by atoms with Gasteiger partial charge in [0.05, 0.1) is 7.11 Å². The quantitative estimate of drug-likeness (QED) is 0.684. The minimum Gasteiger partial charge on any atom is -0.497 e. The number of rotatable bonds is 8. The SMILES string of the molecule is C=CC(=O)C=C.C=CC(=O)CCCc1cccc(OC)c1. The number of aryl methyl sites for hydroxylation is 1. The number of allylic oxidation sites excluding steroid dienone is 3. The van der Waals surface area contributed by atoms with Crippen LogP contribution in [0.4, 0.5) is 0 Å². The maximum absolute atomic E-state index is 11.0. The molecule has 0 fully saturated rings. The fourth-order valence-corrected chi connectivity index (χ4v) is 1.48. The third kappa shape index (κ3) is 9.16. The van der Waals surface area contributed by atoms with Gasteiger partial charge in [0.15, 0.2) is 11.6 Å². The minimum absolute atomic E-state index is 0.109. The standard InChI is InChI=1S/C13H16O2.C5H6O/c1-3-12(14)8-4-6-11-7-5-9-13(10-11)15-2;1-3-5(6)4-2/h3,5,7,9-10H,1,4,6,8H2,2H3;3-4H,1-2H2. The van der Waals surface area contributed by atoms with Crippen molar-refractivity contribution in [3.05, 3.63) is 67.8 Å². The summed E-state index contributed by atoms with van der Waals surface area (Å²) >= 11 is 0. The second-order valence-corrected chi connectivity index (χ2v) is 4.19. The number of hydrogen-bond acceptors (Lipinski definition) is 3. The molecular weight excluding hydrogens is 264 g/mol.